The van der Waals surface area contributed by atoms with Crippen molar-refractivity contribution in [3.05, 3.63) is 0 Å². The number of amides is 1. The van der Waals surface area contributed by atoms with Gasteiger partial charge in [-0.2, -0.15) is 0 Å². The molecule has 1 aliphatic heterocycles. The number of rotatable bonds is 2. The number of piperidine rings is 1. The minimum atomic E-state index is -0.464. The predicted molar refractivity (Wildman–Crippen MR) is 83.1 cm³/mol. The Morgan fingerprint density at radius 1 is 1.24 bits per heavy atom. The highest BCUT2D eigenvalue weighted by Crippen LogP contribution is 2.42. The lowest BCUT2D eigenvalue weighted by molar-refractivity contribution is -0.0407. The van der Waals surface area contributed by atoms with Crippen LogP contribution in [0.4, 0.5) is 4.79 Å². The van der Waals surface area contributed by atoms with Crippen LogP contribution in [0.5, 0.6) is 0 Å². The van der Waals surface area contributed by atoms with Gasteiger partial charge in [-0.25, -0.2) is 4.79 Å². The summed E-state index contributed by atoms with van der Waals surface area (Å²) in [4.78, 5) is 14.7. The van der Waals surface area contributed by atoms with E-state index >= 15 is 0 Å². The number of fused-ring (bicyclic) bond motifs is 1. The van der Waals surface area contributed by atoms with Crippen LogP contribution in [0, 0.1) is 11.8 Å². The molecule has 1 saturated heterocycles. The molecule has 1 heterocycles. The molecule has 0 aromatic heterocycles. The molecule has 0 radical (unpaired) electrons. The summed E-state index contributed by atoms with van der Waals surface area (Å²) in [5.74, 6) is 1.28. The van der Waals surface area contributed by atoms with Gasteiger partial charge < -0.3 is 14.7 Å². The van der Waals surface area contributed by atoms with Crippen molar-refractivity contribution in [1.29, 1.82) is 0 Å². The van der Waals surface area contributed by atoms with Crippen molar-refractivity contribution in [1.82, 2.24) is 4.90 Å². The molecule has 0 unspecified atom stereocenters. The van der Waals surface area contributed by atoms with Crippen molar-refractivity contribution in [2.45, 2.75) is 83.9 Å². The van der Waals surface area contributed by atoms with Crippen molar-refractivity contribution >= 4 is 6.09 Å². The zero-order valence-corrected chi connectivity index (χ0v) is 14.0. The molecule has 0 spiro atoms. The van der Waals surface area contributed by atoms with Crippen LogP contribution in [-0.4, -0.2) is 40.4 Å². The van der Waals surface area contributed by atoms with Crippen LogP contribution < -0.4 is 0 Å². The SMILES string of the molecule is C[C@H]1CCC[C@H]2[C@@H]1CC[C@H](CCO)N2C(=O)OC(C)(C)C. The molecule has 4 heteroatoms. The Labute approximate surface area is 128 Å². The van der Waals surface area contributed by atoms with Gasteiger partial charge in [0, 0.05) is 18.7 Å². The molecular formula is C17H31NO3. The van der Waals surface area contributed by atoms with E-state index in [1.165, 1.54) is 19.3 Å². The molecule has 1 saturated carbocycles. The molecule has 0 aromatic rings. The zero-order valence-electron chi connectivity index (χ0n) is 14.0. The summed E-state index contributed by atoms with van der Waals surface area (Å²) < 4.78 is 5.64. The molecule has 0 bridgehead atoms. The topological polar surface area (TPSA) is 49.8 Å². The maximum atomic E-state index is 12.7. The van der Waals surface area contributed by atoms with Gasteiger partial charge in [0.25, 0.3) is 0 Å². The van der Waals surface area contributed by atoms with Gasteiger partial charge in [-0.3, -0.25) is 0 Å². The molecule has 0 aromatic carbocycles. The first kappa shape index (κ1) is 16.6. The Bertz CT molecular complexity index is 364. The first-order valence-corrected chi connectivity index (χ1v) is 8.45. The molecule has 2 fully saturated rings. The van der Waals surface area contributed by atoms with E-state index in [0.717, 1.165) is 12.8 Å². The second kappa shape index (κ2) is 6.55. The van der Waals surface area contributed by atoms with E-state index in [9.17, 15) is 9.90 Å². The number of carbonyl (C=O) groups excluding carboxylic acids is 1. The number of aliphatic hydroxyl groups is 1. The Kier molecular flexibility index (Phi) is 5.18. The first-order valence-electron chi connectivity index (χ1n) is 8.45. The van der Waals surface area contributed by atoms with Gasteiger partial charge >= 0.3 is 6.09 Å². The summed E-state index contributed by atoms with van der Waals surface area (Å²) in [5.41, 5.74) is -0.464. The van der Waals surface area contributed by atoms with Crippen LogP contribution in [0.2, 0.25) is 0 Å². The Hall–Kier alpha value is -0.770. The second-order valence-electron chi connectivity index (χ2n) is 7.77. The molecule has 122 valence electrons. The predicted octanol–water partition coefficient (Wildman–Crippen LogP) is 3.57. The minimum absolute atomic E-state index is 0.136. The second-order valence-corrected chi connectivity index (χ2v) is 7.77. The van der Waals surface area contributed by atoms with E-state index in [1.807, 2.05) is 25.7 Å². The average Bonchev–Trinajstić information content (AvgIpc) is 2.36. The van der Waals surface area contributed by atoms with Crippen molar-refractivity contribution in [2.75, 3.05) is 6.61 Å². The van der Waals surface area contributed by atoms with Gasteiger partial charge in [-0.15, -0.1) is 0 Å². The lowest BCUT2D eigenvalue weighted by Gasteiger charge is -2.50. The van der Waals surface area contributed by atoms with Gasteiger partial charge in [-0.05, 0) is 58.3 Å². The highest BCUT2D eigenvalue weighted by Gasteiger charge is 2.44. The fourth-order valence-electron chi connectivity index (χ4n) is 4.10. The average molecular weight is 297 g/mol. The first-order chi connectivity index (χ1) is 9.83. The maximum absolute atomic E-state index is 12.7. The van der Waals surface area contributed by atoms with E-state index in [-0.39, 0.29) is 18.7 Å². The monoisotopic (exact) mass is 297 g/mol. The van der Waals surface area contributed by atoms with E-state index < -0.39 is 5.60 Å². The number of nitrogens with zero attached hydrogens (tertiary/aromatic N) is 1. The lowest BCUT2D eigenvalue weighted by atomic mass is 9.70. The highest BCUT2D eigenvalue weighted by atomic mass is 16.6. The number of ether oxygens (including phenoxy) is 1. The van der Waals surface area contributed by atoms with E-state index in [2.05, 4.69) is 6.92 Å². The molecule has 1 aliphatic carbocycles. The third-order valence-electron chi connectivity index (χ3n) is 5.04. The van der Waals surface area contributed by atoms with Crippen LogP contribution in [0.1, 0.15) is 66.2 Å². The fraction of sp³-hybridized carbons (Fsp3) is 0.941. The van der Waals surface area contributed by atoms with Gasteiger partial charge in [0.1, 0.15) is 5.60 Å². The maximum Gasteiger partial charge on any atom is 0.410 e. The Morgan fingerprint density at radius 2 is 1.95 bits per heavy atom. The standard InChI is InChI=1S/C17H31NO3/c1-12-6-5-7-15-14(12)9-8-13(10-11-19)18(15)16(20)21-17(2,3)4/h12-15,19H,5-11H2,1-4H3/t12-,13+,14+,15-/m0/s1. The Morgan fingerprint density at radius 3 is 2.57 bits per heavy atom. The molecular weight excluding hydrogens is 266 g/mol. The third kappa shape index (κ3) is 3.91. The number of hydrogen-bond acceptors (Lipinski definition) is 3. The van der Waals surface area contributed by atoms with Crippen molar-refractivity contribution < 1.29 is 14.6 Å². The van der Waals surface area contributed by atoms with Gasteiger partial charge in [-0.1, -0.05) is 19.8 Å². The normalized spacial score (nSPS) is 33.5. The summed E-state index contributed by atoms with van der Waals surface area (Å²) in [6.07, 6.45) is 6.18. The summed E-state index contributed by atoms with van der Waals surface area (Å²) in [5, 5.41) is 9.32. The molecule has 1 N–H and O–H groups in total. The van der Waals surface area contributed by atoms with Gasteiger partial charge in [0.2, 0.25) is 0 Å². The molecule has 4 atom stereocenters. The van der Waals surface area contributed by atoms with E-state index in [1.54, 1.807) is 0 Å². The fourth-order valence-corrected chi connectivity index (χ4v) is 4.10. The minimum Gasteiger partial charge on any atom is -0.444 e. The van der Waals surface area contributed by atoms with E-state index in [4.69, 9.17) is 4.74 Å². The van der Waals surface area contributed by atoms with Crippen LogP contribution in [0.15, 0.2) is 0 Å². The summed E-state index contributed by atoms with van der Waals surface area (Å²) in [7, 11) is 0. The van der Waals surface area contributed by atoms with E-state index in [0.29, 0.717) is 24.3 Å². The molecule has 1 amide bonds. The smallest absolute Gasteiger partial charge is 0.410 e. The summed E-state index contributed by atoms with van der Waals surface area (Å²) in [6.45, 7) is 8.19. The lowest BCUT2D eigenvalue weighted by Crippen LogP contribution is -2.57. The van der Waals surface area contributed by atoms with Gasteiger partial charge in [0.05, 0.1) is 0 Å². The van der Waals surface area contributed by atoms with Crippen molar-refractivity contribution in [3.63, 3.8) is 0 Å². The quantitative estimate of drug-likeness (QED) is 0.847. The number of aliphatic hydroxyl groups excluding tert-OH is 1. The zero-order chi connectivity index (χ0) is 15.6. The van der Waals surface area contributed by atoms with Crippen LogP contribution in [0.25, 0.3) is 0 Å². The Balaban J connectivity index is 2.18. The van der Waals surface area contributed by atoms with Crippen molar-refractivity contribution in [3.8, 4) is 0 Å². The molecule has 2 rings (SSSR count). The number of hydrogen-bond donors (Lipinski definition) is 1. The van der Waals surface area contributed by atoms with Gasteiger partial charge in [0.15, 0.2) is 0 Å². The molecule has 4 nitrogen and oxygen atoms in total. The summed E-state index contributed by atoms with van der Waals surface area (Å²) in [6, 6.07) is 0.435. The van der Waals surface area contributed by atoms with Crippen molar-refractivity contribution in [2.24, 2.45) is 11.8 Å². The van der Waals surface area contributed by atoms with Crippen LogP contribution >= 0.6 is 0 Å². The molecule has 21 heavy (non-hydrogen) atoms. The highest BCUT2D eigenvalue weighted by molar-refractivity contribution is 5.69. The summed E-state index contributed by atoms with van der Waals surface area (Å²) >= 11 is 0. The largest absolute Gasteiger partial charge is 0.444 e. The van der Waals surface area contributed by atoms with Crippen LogP contribution in [-0.2, 0) is 4.74 Å². The van der Waals surface area contributed by atoms with Crippen LogP contribution in [0.3, 0.4) is 0 Å². The number of likely N-dealkylation sites (tertiary alicyclic amines) is 1. The third-order valence-corrected chi connectivity index (χ3v) is 5.04. The number of carbonyl (C=O) groups is 1. The molecule has 2 aliphatic rings.